The number of imide groups is 1. The molecule has 8 nitrogen and oxygen atoms in total. The van der Waals surface area contributed by atoms with Gasteiger partial charge < -0.3 is 20.3 Å². The van der Waals surface area contributed by atoms with E-state index in [1.165, 1.54) is 0 Å². The molecular formula is C24H28N4O4. The summed E-state index contributed by atoms with van der Waals surface area (Å²) < 4.78 is 5.37. The SMILES string of the molecule is CC1(CCc2ccccc2)NC(=O)N(CC(=O)Nc2ccc(N3CCOCC3)cc2)C1=O. The van der Waals surface area contributed by atoms with Crippen molar-refractivity contribution in [2.45, 2.75) is 25.3 Å². The molecule has 8 heteroatoms. The maximum atomic E-state index is 12.9. The molecule has 2 aliphatic rings. The molecule has 4 rings (SSSR count). The van der Waals surface area contributed by atoms with Crippen molar-refractivity contribution in [3.63, 3.8) is 0 Å². The van der Waals surface area contributed by atoms with Crippen LogP contribution in [-0.2, 0) is 20.7 Å². The number of anilines is 2. The molecule has 168 valence electrons. The molecule has 0 aromatic heterocycles. The van der Waals surface area contributed by atoms with Crippen LogP contribution in [0.2, 0.25) is 0 Å². The minimum Gasteiger partial charge on any atom is -0.378 e. The summed E-state index contributed by atoms with van der Waals surface area (Å²) in [6.45, 7) is 4.46. The molecule has 0 aliphatic carbocycles. The number of nitrogens with zero attached hydrogens (tertiary/aromatic N) is 2. The van der Waals surface area contributed by atoms with E-state index < -0.39 is 17.5 Å². The fourth-order valence-corrected chi connectivity index (χ4v) is 4.02. The highest BCUT2D eigenvalue weighted by Gasteiger charge is 2.47. The number of morpholine rings is 1. The van der Waals surface area contributed by atoms with E-state index in [1.807, 2.05) is 54.6 Å². The van der Waals surface area contributed by atoms with Crippen molar-refractivity contribution in [1.82, 2.24) is 10.2 Å². The van der Waals surface area contributed by atoms with Gasteiger partial charge in [-0.1, -0.05) is 30.3 Å². The summed E-state index contributed by atoms with van der Waals surface area (Å²) in [7, 11) is 0. The van der Waals surface area contributed by atoms with Gasteiger partial charge in [0.15, 0.2) is 0 Å². The molecule has 2 fully saturated rings. The van der Waals surface area contributed by atoms with Crippen molar-refractivity contribution in [3.05, 3.63) is 60.2 Å². The summed E-state index contributed by atoms with van der Waals surface area (Å²) in [5, 5.41) is 5.52. The normalized spacial score (nSPS) is 20.9. The third-order valence-corrected chi connectivity index (χ3v) is 5.93. The number of rotatable bonds is 7. The van der Waals surface area contributed by atoms with Crippen LogP contribution in [-0.4, -0.2) is 61.1 Å². The molecular weight excluding hydrogens is 408 g/mol. The van der Waals surface area contributed by atoms with E-state index in [1.54, 1.807) is 6.92 Å². The quantitative estimate of drug-likeness (QED) is 0.651. The third kappa shape index (κ3) is 4.91. The predicted molar refractivity (Wildman–Crippen MR) is 122 cm³/mol. The van der Waals surface area contributed by atoms with E-state index in [-0.39, 0.29) is 12.5 Å². The van der Waals surface area contributed by atoms with Crippen LogP contribution in [0.25, 0.3) is 0 Å². The highest BCUT2D eigenvalue weighted by atomic mass is 16.5. The summed E-state index contributed by atoms with van der Waals surface area (Å²) in [4.78, 5) is 41.1. The summed E-state index contributed by atoms with van der Waals surface area (Å²) in [5.41, 5.74) is 1.75. The Labute approximate surface area is 187 Å². The van der Waals surface area contributed by atoms with Crippen LogP contribution in [0.3, 0.4) is 0 Å². The Morgan fingerprint density at radius 3 is 2.44 bits per heavy atom. The number of hydrogen-bond donors (Lipinski definition) is 2. The predicted octanol–water partition coefficient (Wildman–Crippen LogP) is 2.41. The molecule has 0 spiro atoms. The lowest BCUT2D eigenvalue weighted by Gasteiger charge is -2.28. The van der Waals surface area contributed by atoms with Crippen molar-refractivity contribution in [2.24, 2.45) is 0 Å². The first-order valence-corrected chi connectivity index (χ1v) is 10.9. The van der Waals surface area contributed by atoms with Crippen LogP contribution in [0.5, 0.6) is 0 Å². The molecule has 1 unspecified atom stereocenters. The first-order valence-electron chi connectivity index (χ1n) is 10.9. The van der Waals surface area contributed by atoms with Gasteiger partial charge >= 0.3 is 6.03 Å². The van der Waals surface area contributed by atoms with E-state index in [4.69, 9.17) is 4.74 Å². The van der Waals surface area contributed by atoms with Crippen LogP contribution in [0.1, 0.15) is 18.9 Å². The van der Waals surface area contributed by atoms with Crippen LogP contribution < -0.4 is 15.5 Å². The largest absolute Gasteiger partial charge is 0.378 e. The van der Waals surface area contributed by atoms with E-state index in [0.717, 1.165) is 29.2 Å². The molecule has 32 heavy (non-hydrogen) atoms. The number of carbonyl (C=O) groups is 3. The zero-order valence-corrected chi connectivity index (χ0v) is 18.2. The molecule has 4 amide bonds. The van der Waals surface area contributed by atoms with Gasteiger partial charge in [-0.05, 0) is 49.6 Å². The lowest BCUT2D eigenvalue weighted by Crippen LogP contribution is -2.45. The van der Waals surface area contributed by atoms with Crippen molar-refractivity contribution >= 4 is 29.2 Å². The number of benzene rings is 2. The number of urea groups is 1. The lowest BCUT2D eigenvalue weighted by atomic mass is 9.93. The van der Waals surface area contributed by atoms with Crippen LogP contribution in [0.4, 0.5) is 16.2 Å². The lowest BCUT2D eigenvalue weighted by molar-refractivity contribution is -0.133. The zero-order valence-electron chi connectivity index (χ0n) is 18.2. The number of aryl methyl sites for hydroxylation is 1. The Kier molecular flexibility index (Phi) is 6.41. The average Bonchev–Trinajstić information content (AvgIpc) is 3.03. The number of nitrogens with one attached hydrogen (secondary N) is 2. The van der Waals surface area contributed by atoms with Gasteiger partial charge in [-0.25, -0.2) is 4.79 Å². The Hall–Kier alpha value is -3.39. The van der Waals surface area contributed by atoms with E-state index in [0.29, 0.717) is 31.7 Å². The Bertz CT molecular complexity index is 973. The molecule has 0 saturated carbocycles. The molecule has 0 bridgehead atoms. The average molecular weight is 437 g/mol. The highest BCUT2D eigenvalue weighted by molar-refractivity contribution is 6.09. The van der Waals surface area contributed by atoms with Gasteiger partial charge in [0.05, 0.1) is 13.2 Å². The molecule has 2 aromatic rings. The Morgan fingerprint density at radius 1 is 1.06 bits per heavy atom. The Balaban J connectivity index is 1.32. The van der Waals surface area contributed by atoms with Gasteiger partial charge in [-0.15, -0.1) is 0 Å². The van der Waals surface area contributed by atoms with Gasteiger partial charge in [0, 0.05) is 24.5 Å². The van der Waals surface area contributed by atoms with Gasteiger partial charge in [-0.2, -0.15) is 0 Å². The zero-order chi connectivity index (χ0) is 22.6. The number of carbonyl (C=O) groups excluding carboxylic acids is 3. The van der Waals surface area contributed by atoms with E-state index in [2.05, 4.69) is 15.5 Å². The number of amides is 4. The molecule has 2 aromatic carbocycles. The minimum atomic E-state index is -1.02. The third-order valence-electron chi connectivity index (χ3n) is 5.93. The maximum Gasteiger partial charge on any atom is 0.325 e. The first kappa shape index (κ1) is 21.8. The van der Waals surface area contributed by atoms with Crippen molar-refractivity contribution in [2.75, 3.05) is 43.1 Å². The van der Waals surface area contributed by atoms with Crippen molar-refractivity contribution in [3.8, 4) is 0 Å². The van der Waals surface area contributed by atoms with Gasteiger partial charge in [-0.3, -0.25) is 14.5 Å². The smallest absolute Gasteiger partial charge is 0.325 e. The molecule has 2 saturated heterocycles. The second-order valence-electron chi connectivity index (χ2n) is 8.33. The highest BCUT2D eigenvalue weighted by Crippen LogP contribution is 2.24. The standard InChI is InChI=1S/C24H28N4O4/c1-24(12-11-18-5-3-2-4-6-18)22(30)28(23(31)26-24)17-21(29)25-19-7-9-20(10-8-19)27-13-15-32-16-14-27/h2-10H,11-17H2,1H3,(H,25,29)(H,26,31). The monoisotopic (exact) mass is 436 g/mol. The van der Waals surface area contributed by atoms with Crippen LogP contribution in [0, 0.1) is 0 Å². The fraction of sp³-hybridized carbons (Fsp3) is 0.375. The van der Waals surface area contributed by atoms with Crippen LogP contribution >= 0.6 is 0 Å². The molecule has 2 N–H and O–H groups in total. The molecule has 2 heterocycles. The second-order valence-corrected chi connectivity index (χ2v) is 8.33. The maximum absolute atomic E-state index is 12.9. The van der Waals surface area contributed by atoms with E-state index >= 15 is 0 Å². The summed E-state index contributed by atoms with van der Waals surface area (Å²) in [6.07, 6.45) is 1.11. The van der Waals surface area contributed by atoms with Crippen LogP contribution in [0.15, 0.2) is 54.6 Å². The van der Waals surface area contributed by atoms with Gasteiger partial charge in [0.2, 0.25) is 5.91 Å². The summed E-state index contributed by atoms with van der Waals surface area (Å²) >= 11 is 0. The van der Waals surface area contributed by atoms with Crippen molar-refractivity contribution in [1.29, 1.82) is 0 Å². The second kappa shape index (κ2) is 9.40. The van der Waals surface area contributed by atoms with E-state index in [9.17, 15) is 14.4 Å². The van der Waals surface area contributed by atoms with Gasteiger partial charge in [0.25, 0.3) is 5.91 Å². The number of ether oxygens (including phenoxy) is 1. The fourth-order valence-electron chi connectivity index (χ4n) is 4.02. The summed E-state index contributed by atoms with van der Waals surface area (Å²) in [5.74, 6) is -0.795. The molecule has 0 radical (unpaired) electrons. The topological polar surface area (TPSA) is 91.0 Å². The molecule has 2 aliphatic heterocycles. The van der Waals surface area contributed by atoms with Gasteiger partial charge in [0.1, 0.15) is 12.1 Å². The first-order chi connectivity index (χ1) is 15.4. The van der Waals surface area contributed by atoms with Crippen molar-refractivity contribution < 1.29 is 19.1 Å². The molecule has 1 atom stereocenters. The Morgan fingerprint density at radius 2 is 1.75 bits per heavy atom. The minimum absolute atomic E-state index is 0.323. The summed E-state index contributed by atoms with van der Waals surface area (Å²) in [6, 6.07) is 16.8. The number of hydrogen-bond acceptors (Lipinski definition) is 5.